The number of benzene rings is 1. The Bertz CT molecular complexity index is 427. The summed E-state index contributed by atoms with van der Waals surface area (Å²) in [7, 11) is 0. The third-order valence-corrected chi connectivity index (χ3v) is 4.03. The van der Waals surface area contributed by atoms with Crippen molar-refractivity contribution >= 4 is 6.09 Å². The predicted molar refractivity (Wildman–Crippen MR) is 68.5 cm³/mol. The van der Waals surface area contributed by atoms with E-state index >= 15 is 0 Å². The van der Waals surface area contributed by atoms with Gasteiger partial charge in [0.15, 0.2) is 0 Å². The molecule has 2 heterocycles. The van der Waals surface area contributed by atoms with Gasteiger partial charge in [0.1, 0.15) is 5.60 Å². The molecule has 0 radical (unpaired) electrons. The van der Waals surface area contributed by atoms with Crippen LogP contribution in [-0.4, -0.2) is 31.3 Å². The molecular formula is C14H18N2O2. The first-order chi connectivity index (χ1) is 8.80. The Balaban J connectivity index is 1.93. The van der Waals surface area contributed by atoms with Crippen molar-refractivity contribution in [2.75, 3.05) is 19.6 Å². The molecule has 1 atom stereocenters. The first-order valence-electron chi connectivity index (χ1n) is 6.53. The van der Waals surface area contributed by atoms with Crippen molar-refractivity contribution in [3.8, 4) is 0 Å². The van der Waals surface area contributed by atoms with Crippen LogP contribution in [0.4, 0.5) is 4.79 Å². The van der Waals surface area contributed by atoms with Gasteiger partial charge in [-0.05, 0) is 18.7 Å². The number of piperidine rings is 1. The molecule has 3 rings (SSSR count). The molecule has 2 aliphatic rings. The van der Waals surface area contributed by atoms with Crippen molar-refractivity contribution in [2.45, 2.75) is 24.4 Å². The van der Waals surface area contributed by atoms with Crippen molar-refractivity contribution in [3.63, 3.8) is 0 Å². The lowest BCUT2D eigenvalue weighted by molar-refractivity contribution is -0.0494. The van der Waals surface area contributed by atoms with Crippen LogP contribution in [0.15, 0.2) is 30.3 Å². The van der Waals surface area contributed by atoms with Crippen LogP contribution in [0, 0.1) is 0 Å². The van der Waals surface area contributed by atoms with Gasteiger partial charge in [-0.1, -0.05) is 30.3 Å². The van der Waals surface area contributed by atoms with Gasteiger partial charge in [0.25, 0.3) is 0 Å². The highest BCUT2D eigenvalue weighted by molar-refractivity contribution is 5.69. The number of carbonyl (C=O) groups excluding carboxylic acids is 1. The van der Waals surface area contributed by atoms with Crippen LogP contribution in [0.3, 0.4) is 0 Å². The highest BCUT2D eigenvalue weighted by Crippen LogP contribution is 2.40. The van der Waals surface area contributed by atoms with E-state index in [4.69, 9.17) is 4.74 Å². The van der Waals surface area contributed by atoms with Crippen LogP contribution < -0.4 is 10.6 Å². The smallest absolute Gasteiger partial charge is 0.407 e. The van der Waals surface area contributed by atoms with E-state index < -0.39 is 0 Å². The molecule has 1 aromatic carbocycles. The molecule has 2 aliphatic heterocycles. The number of hydrogen-bond donors (Lipinski definition) is 2. The monoisotopic (exact) mass is 246 g/mol. The van der Waals surface area contributed by atoms with E-state index in [1.807, 2.05) is 18.2 Å². The number of hydrogen-bond acceptors (Lipinski definition) is 3. The zero-order valence-electron chi connectivity index (χ0n) is 10.3. The largest absolute Gasteiger partial charge is 0.442 e. The summed E-state index contributed by atoms with van der Waals surface area (Å²) in [6, 6.07) is 10.3. The van der Waals surface area contributed by atoms with Crippen molar-refractivity contribution in [2.24, 2.45) is 0 Å². The van der Waals surface area contributed by atoms with Gasteiger partial charge in [-0.3, -0.25) is 0 Å². The molecule has 2 saturated heterocycles. The normalized spacial score (nSPS) is 26.4. The molecule has 96 valence electrons. The van der Waals surface area contributed by atoms with Crippen molar-refractivity contribution in [1.29, 1.82) is 0 Å². The van der Waals surface area contributed by atoms with Gasteiger partial charge < -0.3 is 15.4 Å². The fourth-order valence-electron chi connectivity index (χ4n) is 3.07. The molecule has 2 fully saturated rings. The van der Waals surface area contributed by atoms with Crippen LogP contribution in [0.1, 0.15) is 24.3 Å². The van der Waals surface area contributed by atoms with Crippen molar-refractivity contribution < 1.29 is 9.53 Å². The number of ether oxygens (including phenoxy) is 1. The molecule has 1 amide bonds. The van der Waals surface area contributed by atoms with E-state index in [0.717, 1.165) is 25.9 Å². The van der Waals surface area contributed by atoms with Gasteiger partial charge in [-0.15, -0.1) is 0 Å². The lowest BCUT2D eigenvalue weighted by Crippen LogP contribution is -2.57. The maximum atomic E-state index is 11.6. The van der Waals surface area contributed by atoms with Gasteiger partial charge in [0.2, 0.25) is 0 Å². The van der Waals surface area contributed by atoms with E-state index in [0.29, 0.717) is 6.54 Å². The molecule has 0 bridgehead atoms. The second kappa shape index (κ2) is 4.61. The van der Waals surface area contributed by atoms with E-state index in [1.165, 1.54) is 5.56 Å². The molecule has 0 saturated carbocycles. The minimum absolute atomic E-state index is 0.249. The standard InChI is InChI=1S/C14H18N2O2/c17-13-16-10-12(11-4-2-1-3-5-11)14(18-13)6-8-15-9-7-14/h1-5,12,15H,6-10H2,(H,16,17). The Morgan fingerprint density at radius 1 is 1.17 bits per heavy atom. The summed E-state index contributed by atoms with van der Waals surface area (Å²) in [5.41, 5.74) is 0.925. The minimum Gasteiger partial charge on any atom is -0.442 e. The molecule has 2 N–H and O–H groups in total. The first-order valence-corrected chi connectivity index (χ1v) is 6.53. The number of rotatable bonds is 1. The van der Waals surface area contributed by atoms with Gasteiger partial charge in [0.05, 0.1) is 0 Å². The Morgan fingerprint density at radius 2 is 1.89 bits per heavy atom. The topological polar surface area (TPSA) is 50.4 Å². The van der Waals surface area contributed by atoms with E-state index in [1.54, 1.807) is 0 Å². The average Bonchev–Trinajstić information content (AvgIpc) is 2.40. The summed E-state index contributed by atoms with van der Waals surface area (Å²) in [6.45, 7) is 2.50. The van der Waals surface area contributed by atoms with Crippen LogP contribution in [0.5, 0.6) is 0 Å². The molecule has 4 heteroatoms. The van der Waals surface area contributed by atoms with Crippen LogP contribution in [0.2, 0.25) is 0 Å². The molecule has 1 spiro atoms. The first kappa shape index (κ1) is 11.5. The molecule has 18 heavy (non-hydrogen) atoms. The summed E-state index contributed by atoms with van der Waals surface area (Å²) < 4.78 is 5.69. The Morgan fingerprint density at radius 3 is 2.61 bits per heavy atom. The van der Waals surface area contributed by atoms with Crippen LogP contribution in [-0.2, 0) is 4.74 Å². The third-order valence-electron chi connectivity index (χ3n) is 4.03. The van der Waals surface area contributed by atoms with E-state index in [-0.39, 0.29) is 17.6 Å². The number of amides is 1. The number of alkyl carbamates (subject to hydrolysis) is 1. The maximum absolute atomic E-state index is 11.6. The molecular weight excluding hydrogens is 228 g/mol. The number of nitrogens with one attached hydrogen (secondary N) is 2. The summed E-state index contributed by atoms with van der Waals surface area (Å²) in [5.74, 6) is 0.249. The molecule has 0 aromatic heterocycles. The Kier molecular flexibility index (Phi) is 2.96. The maximum Gasteiger partial charge on any atom is 0.407 e. The lowest BCUT2D eigenvalue weighted by atomic mass is 9.75. The van der Waals surface area contributed by atoms with Crippen LogP contribution in [0.25, 0.3) is 0 Å². The summed E-state index contributed by atoms with van der Waals surface area (Å²) in [5, 5.41) is 6.15. The zero-order chi connectivity index (χ0) is 12.4. The van der Waals surface area contributed by atoms with E-state index in [9.17, 15) is 4.79 Å². The molecule has 1 unspecified atom stereocenters. The van der Waals surface area contributed by atoms with Crippen LogP contribution >= 0.6 is 0 Å². The molecule has 0 aliphatic carbocycles. The second-order valence-corrected chi connectivity index (χ2v) is 5.05. The fraction of sp³-hybridized carbons (Fsp3) is 0.500. The number of carbonyl (C=O) groups is 1. The summed E-state index contributed by atoms with van der Waals surface area (Å²) >= 11 is 0. The summed E-state index contributed by atoms with van der Waals surface area (Å²) in [4.78, 5) is 11.6. The van der Waals surface area contributed by atoms with Gasteiger partial charge in [-0.25, -0.2) is 4.79 Å². The third kappa shape index (κ3) is 1.97. The molecule has 1 aromatic rings. The Hall–Kier alpha value is -1.55. The van der Waals surface area contributed by atoms with Crippen molar-refractivity contribution in [1.82, 2.24) is 10.6 Å². The SMILES string of the molecule is O=C1NCC(c2ccccc2)C2(CCNCC2)O1. The fourth-order valence-corrected chi connectivity index (χ4v) is 3.07. The lowest BCUT2D eigenvalue weighted by Gasteiger charge is -2.46. The summed E-state index contributed by atoms with van der Waals surface area (Å²) in [6.07, 6.45) is 1.50. The zero-order valence-corrected chi connectivity index (χ0v) is 10.3. The minimum atomic E-state index is -0.324. The van der Waals surface area contributed by atoms with Crippen molar-refractivity contribution in [3.05, 3.63) is 35.9 Å². The highest BCUT2D eigenvalue weighted by Gasteiger charge is 2.46. The molecule has 4 nitrogen and oxygen atoms in total. The van der Waals surface area contributed by atoms with Gasteiger partial charge >= 0.3 is 6.09 Å². The van der Waals surface area contributed by atoms with Gasteiger partial charge in [0, 0.05) is 25.3 Å². The van der Waals surface area contributed by atoms with Gasteiger partial charge in [-0.2, -0.15) is 0 Å². The average molecular weight is 246 g/mol. The Labute approximate surface area is 107 Å². The highest BCUT2D eigenvalue weighted by atomic mass is 16.6. The quantitative estimate of drug-likeness (QED) is 0.792. The second-order valence-electron chi connectivity index (χ2n) is 5.05. The van der Waals surface area contributed by atoms with E-state index in [2.05, 4.69) is 22.8 Å². The predicted octanol–water partition coefficient (Wildman–Crippen LogP) is 1.63.